The number of hydrogen-bond donors (Lipinski definition) is 2. The van der Waals surface area contributed by atoms with E-state index in [4.69, 9.17) is 4.74 Å². The van der Waals surface area contributed by atoms with E-state index in [1.54, 1.807) is 11.9 Å². The Kier molecular flexibility index (Phi) is 5.88. The molecule has 2 fully saturated rings. The molecule has 0 bridgehead atoms. The van der Waals surface area contributed by atoms with Gasteiger partial charge >= 0.3 is 0 Å². The summed E-state index contributed by atoms with van der Waals surface area (Å²) in [6.45, 7) is 6.55. The third-order valence-corrected chi connectivity index (χ3v) is 5.76. The van der Waals surface area contributed by atoms with Crippen molar-refractivity contribution >= 4 is 11.8 Å². The van der Waals surface area contributed by atoms with E-state index in [2.05, 4.69) is 10.2 Å². The standard InChI is InChI=1S/C17H31N3O4/c1-16(2)13(21)9-17(12-20(16)15(23)11-24-4)5-7-19(8-6-17)10-14(22)18-3/h13,21H,5-12H2,1-4H3,(H,18,22)/t13-/m0/s1. The van der Waals surface area contributed by atoms with Gasteiger partial charge in [0.1, 0.15) is 6.61 Å². The molecule has 0 aliphatic carbocycles. The Morgan fingerprint density at radius 1 is 1.29 bits per heavy atom. The number of hydrogen-bond acceptors (Lipinski definition) is 5. The van der Waals surface area contributed by atoms with Crippen molar-refractivity contribution in [1.82, 2.24) is 15.1 Å². The van der Waals surface area contributed by atoms with Crippen LogP contribution in [0.4, 0.5) is 0 Å². The van der Waals surface area contributed by atoms with Crippen LogP contribution in [0.1, 0.15) is 33.1 Å². The molecule has 0 aromatic carbocycles. The number of ether oxygens (including phenoxy) is 1. The first-order valence-corrected chi connectivity index (χ1v) is 8.64. The van der Waals surface area contributed by atoms with Gasteiger partial charge in [-0.2, -0.15) is 0 Å². The number of aliphatic hydroxyl groups is 1. The van der Waals surface area contributed by atoms with Gasteiger partial charge in [-0.1, -0.05) is 0 Å². The number of carbonyl (C=O) groups is 2. The van der Waals surface area contributed by atoms with Crippen molar-refractivity contribution in [2.45, 2.75) is 44.8 Å². The van der Waals surface area contributed by atoms with E-state index in [0.29, 0.717) is 19.5 Å². The van der Waals surface area contributed by atoms with Crippen LogP contribution in [0.15, 0.2) is 0 Å². The number of rotatable bonds is 4. The Balaban J connectivity index is 2.06. The zero-order valence-electron chi connectivity index (χ0n) is 15.3. The minimum absolute atomic E-state index is 0.0210. The fraction of sp³-hybridized carbons (Fsp3) is 0.882. The highest BCUT2D eigenvalue weighted by atomic mass is 16.5. The molecule has 2 saturated heterocycles. The molecule has 0 aromatic heterocycles. The summed E-state index contributed by atoms with van der Waals surface area (Å²) < 4.78 is 5.01. The van der Waals surface area contributed by atoms with Crippen LogP contribution in [0.5, 0.6) is 0 Å². The first kappa shape index (κ1) is 19.1. The zero-order valence-corrected chi connectivity index (χ0v) is 15.3. The van der Waals surface area contributed by atoms with E-state index in [1.807, 2.05) is 13.8 Å². The Hall–Kier alpha value is -1.18. The lowest BCUT2D eigenvalue weighted by Gasteiger charge is -2.56. The highest BCUT2D eigenvalue weighted by Gasteiger charge is 2.50. The molecular weight excluding hydrogens is 310 g/mol. The largest absolute Gasteiger partial charge is 0.391 e. The summed E-state index contributed by atoms with van der Waals surface area (Å²) in [7, 11) is 3.16. The maximum atomic E-state index is 12.5. The fourth-order valence-electron chi connectivity index (χ4n) is 3.88. The van der Waals surface area contributed by atoms with Gasteiger partial charge in [0.05, 0.1) is 18.2 Å². The smallest absolute Gasteiger partial charge is 0.249 e. The van der Waals surface area contributed by atoms with E-state index in [1.165, 1.54) is 7.11 Å². The van der Waals surface area contributed by atoms with E-state index in [0.717, 1.165) is 25.9 Å². The Bertz CT molecular complexity index is 472. The van der Waals surface area contributed by atoms with Crippen LogP contribution in [-0.2, 0) is 14.3 Å². The van der Waals surface area contributed by atoms with E-state index in [9.17, 15) is 14.7 Å². The quantitative estimate of drug-likeness (QED) is 0.742. The summed E-state index contributed by atoms with van der Waals surface area (Å²) in [6, 6.07) is 0. The SMILES string of the molecule is CNC(=O)CN1CCC2(CC1)C[C@H](O)C(C)(C)N(C(=O)COC)C2. The number of amides is 2. The fourth-order valence-corrected chi connectivity index (χ4v) is 3.88. The van der Waals surface area contributed by atoms with Crippen LogP contribution >= 0.6 is 0 Å². The first-order chi connectivity index (χ1) is 11.2. The number of nitrogens with zero attached hydrogens (tertiary/aromatic N) is 2. The molecule has 2 aliphatic rings. The van der Waals surface area contributed by atoms with Gasteiger partial charge in [-0.05, 0) is 51.6 Å². The van der Waals surface area contributed by atoms with Gasteiger partial charge in [0.25, 0.3) is 0 Å². The molecule has 0 saturated carbocycles. The lowest BCUT2D eigenvalue weighted by atomic mass is 9.67. The summed E-state index contributed by atoms with van der Waals surface area (Å²) in [5, 5.41) is 13.3. The summed E-state index contributed by atoms with van der Waals surface area (Å²) in [5.41, 5.74) is -0.655. The molecule has 2 heterocycles. The minimum atomic E-state index is -0.583. The van der Waals surface area contributed by atoms with Crippen molar-refractivity contribution in [3.05, 3.63) is 0 Å². The second-order valence-electron chi connectivity index (χ2n) is 7.74. The van der Waals surface area contributed by atoms with Crippen LogP contribution in [-0.4, -0.2) is 85.3 Å². The molecule has 0 unspecified atom stereocenters. The van der Waals surface area contributed by atoms with E-state index < -0.39 is 11.6 Å². The monoisotopic (exact) mass is 341 g/mol. The molecular formula is C17H31N3O4. The summed E-state index contributed by atoms with van der Waals surface area (Å²) in [6.07, 6.45) is 1.91. The molecule has 2 N–H and O–H groups in total. The molecule has 2 aliphatic heterocycles. The van der Waals surface area contributed by atoms with Crippen molar-refractivity contribution in [3.63, 3.8) is 0 Å². The van der Waals surface area contributed by atoms with Gasteiger partial charge in [0, 0.05) is 20.7 Å². The summed E-state index contributed by atoms with van der Waals surface area (Å²) >= 11 is 0. The molecule has 0 aromatic rings. The first-order valence-electron chi connectivity index (χ1n) is 8.64. The molecule has 7 nitrogen and oxygen atoms in total. The molecule has 0 radical (unpaired) electrons. The average molecular weight is 341 g/mol. The molecule has 2 rings (SSSR count). The average Bonchev–Trinajstić information content (AvgIpc) is 2.53. The third kappa shape index (κ3) is 3.90. The lowest BCUT2D eigenvalue weighted by Crippen LogP contribution is -2.65. The number of aliphatic hydroxyl groups excluding tert-OH is 1. The van der Waals surface area contributed by atoms with Crippen molar-refractivity contribution in [1.29, 1.82) is 0 Å². The van der Waals surface area contributed by atoms with Crippen LogP contribution in [0, 0.1) is 5.41 Å². The van der Waals surface area contributed by atoms with Crippen molar-refractivity contribution in [2.75, 3.05) is 46.9 Å². The number of nitrogens with one attached hydrogen (secondary N) is 1. The highest BCUT2D eigenvalue weighted by molar-refractivity contribution is 5.78. The van der Waals surface area contributed by atoms with Gasteiger partial charge in [-0.15, -0.1) is 0 Å². The number of piperidine rings is 2. The van der Waals surface area contributed by atoms with Gasteiger partial charge in [0.15, 0.2) is 0 Å². The van der Waals surface area contributed by atoms with E-state index >= 15 is 0 Å². The molecule has 7 heteroatoms. The van der Waals surface area contributed by atoms with Crippen molar-refractivity contribution in [3.8, 4) is 0 Å². The lowest BCUT2D eigenvalue weighted by molar-refractivity contribution is -0.162. The predicted molar refractivity (Wildman–Crippen MR) is 90.5 cm³/mol. The molecule has 1 spiro atoms. The number of methoxy groups -OCH3 is 1. The molecule has 138 valence electrons. The van der Waals surface area contributed by atoms with Crippen molar-refractivity contribution in [2.24, 2.45) is 5.41 Å². The van der Waals surface area contributed by atoms with Crippen LogP contribution < -0.4 is 5.32 Å². The van der Waals surface area contributed by atoms with Crippen LogP contribution in [0.25, 0.3) is 0 Å². The maximum absolute atomic E-state index is 12.5. The normalized spacial score (nSPS) is 26.4. The number of likely N-dealkylation sites (N-methyl/N-ethyl adjacent to an activating group) is 1. The summed E-state index contributed by atoms with van der Waals surface area (Å²) in [4.78, 5) is 27.9. The van der Waals surface area contributed by atoms with E-state index in [-0.39, 0.29) is 23.8 Å². The van der Waals surface area contributed by atoms with Gasteiger partial charge < -0.3 is 20.1 Å². The zero-order chi connectivity index (χ0) is 18.0. The molecule has 24 heavy (non-hydrogen) atoms. The van der Waals surface area contributed by atoms with Gasteiger partial charge in [-0.3, -0.25) is 14.5 Å². The van der Waals surface area contributed by atoms with Gasteiger partial charge in [0.2, 0.25) is 11.8 Å². The second kappa shape index (κ2) is 7.37. The van der Waals surface area contributed by atoms with Crippen LogP contribution in [0.3, 0.4) is 0 Å². The van der Waals surface area contributed by atoms with Gasteiger partial charge in [-0.25, -0.2) is 0 Å². The second-order valence-corrected chi connectivity index (χ2v) is 7.74. The van der Waals surface area contributed by atoms with Crippen LogP contribution in [0.2, 0.25) is 0 Å². The minimum Gasteiger partial charge on any atom is -0.391 e. The predicted octanol–water partition coefficient (Wildman–Crippen LogP) is -0.167. The maximum Gasteiger partial charge on any atom is 0.249 e. The Morgan fingerprint density at radius 3 is 2.46 bits per heavy atom. The Morgan fingerprint density at radius 2 is 1.92 bits per heavy atom. The Labute approximate surface area is 144 Å². The number of carbonyl (C=O) groups excluding carboxylic acids is 2. The molecule has 2 amide bonds. The van der Waals surface area contributed by atoms with Crippen molar-refractivity contribution < 1.29 is 19.4 Å². The number of likely N-dealkylation sites (tertiary alicyclic amines) is 2. The third-order valence-electron chi connectivity index (χ3n) is 5.76. The summed E-state index contributed by atoms with van der Waals surface area (Å²) in [5.74, 6) is -0.0546. The molecule has 1 atom stereocenters. The highest BCUT2D eigenvalue weighted by Crippen LogP contribution is 2.45. The topological polar surface area (TPSA) is 82.1 Å².